The number of benzene rings is 1. The van der Waals surface area contributed by atoms with E-state index in [9.17, 15) is 5.11 Å². The number of epoxide rings is 1. The Morgan fingerprint density at radius 3 is 2.27 bits per heavy atom. The lowest BCUT2D eigenvalue weighted by Crippen LogP contribution is -1.91. The van der Waals surface area contributed by atoms with E-state index in [1.54, 1.807) is 6.07 Å². The van der Waals surface area contributed by atoms with Crippen LogP contribution in [0.1, 0.15) is 69.9 Å². The predicted octanol–water partition coefficient (Wildman–Crippen LogP) is 5.74. The smallest absolute Gasteiger partial charge is 0.119 e. The number of aromatic hydroxyl groups is 1. The fourth-order valence-corrected chi connectivity index (χ4v) is 2.46. The largest absolute Gasteiger partial charge is 0.508 e. The molecular weight excluding hydrogens is 272 g/mol. The molecule has 22 heavy (non-hydrogen) atoms. The first-order chi connectivity index (χ1) is 10.8. The number of ether oxygens (including phenoxy) is 1. The zero-order chi connectivity index (χ0) is 16.0. The van der Waals surface area contributed by atoms with Gasteiger partial charge >= 0.3 is 0 Å². The minimum Gasteiger partial charge on any atom is -0.508 e. The molecule has 0 radical (unpaired) electrons. The van der Waals surface area contributed by atoms with E-state index in [4.69, 9.17) is 0 Å². The van der Waals surface area contributed by atoms with Gasteiger partial charge in [0.1, 0.15) is 5.75 Å². The second-order valence-corrected chi connectivity index (χ2v) is 5.83. The molecular formula is C20H32O2. The van der Waals surface area contributed by atoms with Gasteiger partial charge in [-0.1, -0.05) is 69.7 Å². The van der Waals surface area contributed by atoms with Crippen LogP contribution in [-0.4, -0.2) is 18.3 Å². The number of phenols is 1. The first-order valence-corrected chi connectivity index (χ1v) is 8.80. The van der Waals surface area contributed by atoms with Crippen LogP contribution < -0.4 is 0 Å². The van der Waals surface area contributed by atoms with E-state index in [0.717, 1.165) is 30.8 Å². The maximum Gasteiger partial charge on any atom is 0.119 e. The van der Waals surface area contributed by atoms with Gasteiger partial charge in [-0.2, -0.15) is 0 Å². The maximum absolute atomic E-state index is 9.96. The lowest BCUT2D eigenvalue weighted by molar-refractivity contribution is 0.465. The molecule has 0 bridgehead atoms. The van der Waals surface area contributed by atoms with Crippen molar-refractivity contribution in [3.63, 3.8) is 0 Å². The molecule has 0 spiro atoms. The fourth-order valence-electron chi connectivity index (χ4n) is 2.46. The van der Waals surface area contributed by atoms with Crippen LogP contribution >= 0.6 is 0 Å². The third-order valence-electron chi connectivity index (χ3n) is 3.77. The average Bonchev–Trinajstić information content (AvgIpc) is 3.37. The molecule has 1 heterocycles. The van der Waals surface area contributed by atoms with E-state index >= 15 is 0 Å². The van der Waals surface area contributed by atoms with Crippen molar-refractivity contribution in [1.29, 1.82) is 0 Å². The van der Waals surface area contributed by atoms with Crippen molar-refractivity contribution in [1.82, 2.24) is 0 Å². The van der Waals surface area contributed by atoms with Gasteiger partial charge in [-0.05, 0) is 31.4 Å². The monoisotopic (exact) mass is 304 g/mol. The van der Waals surface area contributed by atoms with Crippen molar-refractivity contribution in [2.24, 2.45) is 0 Å². The molecule has 0 aliphatic carbocycles. The Hall–Kier alpha value is -1.28. The number of phenolic OH excluding ortho intramolecular Hbond substituents is 1. The summed E-state index contributed by atoms with van der Waals surface area (Å²) in [6.07, 6.45) is 14.3. The summed E-state index contributed by atoms with van der Waals surface area (Å²) in [4.78, 5) is 0. The van der Waals surface area contributed by atoms with E-state index in [0.29, 0.717) is 5.75 Å². The first kappa shape index (κ1) is 18.8. The summed E-state index contributed by atoms with van der Waals surface area (Å²) in [5.41, 5.74) is 2.27. The Morgan fingerprint density at radius 1 is 1.05 bits per heavy atom. The quantitative estimate of drug-likeness (QED) is 0.466. The maximum atomic E-state index is 9.96. The molecule has 1 N–H and O–H groups in total. The van der Waals surface area contributed by atoms with Crippen LogP contribution in [0.25, 0.3) is 6.08 Å². The van der Waals surface area contributed by atoms with Gasteiger partial charge in [-0.15, -0.1) is 0 Å². The molecule has 2 heteroatoms. The molecule has 1 aliphatic rings. The highest BCUT2D eigenvalue weighted by Crippen LogP contribution is 2.24. The minimum absolute atomic E-state index is 0.446. The highest BCUT2D eigenvalue weighted by atomic mass is 16.6. The second kappa shape index (κ2) is 12.3. The third-order valence-corrected chi connectivity index (χ3v) is 3.77. The number of hydrogen-bond acceptors (Lipinski definition) is 2. The summed E-state index contributed by atoms with van der Waals surface area (Å²) < 4.78 is 4.50. The molecule has 1 aliphatic heterocycles. The summed E-state index contributed by atoms with van der Waals surface area (Å²) in [6.45, 7) is 6.27. The van der Waals surface area contributed by atoms with E-state index in [1.165, 1.54) is 44.9 Å². The van der Waals surface area contributed by atoms with Crippen LogP contribution in [0.2, 0.25) is 0 Å². The number of unbranched alkanes of at least 4 members (excludes halogenated alkanes) is 6. The standard InChI is InChI=1S/C18H28O.C2H4O/c1-3-5-6-7-8-9-10-14-17-16(12-4-2)13-11-15-18(17)19;1-2-3-1/h4,11-13,15,19H,3,5-10,14H2,1-2H3;1-2H2/b12-4-;. The fraction of sp³-hybridized carbons (Fsp3) is 0.600. The summed E-state index contributed by atoms with van der Waals surface area (Å²) >= 11 is 0. The zero-order valence-electron chi connectivity index (χ0n) is 14.3. The van der Waals surface area contributed by atoms with Gasteiger partial charge in [0.25, 0.3) is 0 Å². The normalized spacial score (nSPS) is 13.0. The molecule has 0 saturated carbocycles. The van der Waals surface area contributed by atoms with Gasteiger partial charge < -0.3 is 9.84 Å². The van der Waals surface area contributed by atoms with Crippen LogP contribution in [0.5, 0.6) is 5.75 Å². The van der Waals surface area contributed by atoms with Gasteiger partial charge in [0.2, 0.25) is 0 Å². The number of allylic oxidation sites excluding steroid dienone is 1. The molecule has 1 fully saturated rings. The molecule has 2 nitrogen and oxygen atoms in total. The van der Waals surface area contributed by atoms with Crippen molar-refractivity contribution in [2.75, 3.05) is 13.2 Å². The van der Waals surface area contributed by atoms with Crippen LogP contribution in [0.3, 0.4) is 0 Å². The van der Waals surface area contributed by atoms with E-state index in [1.807, 2.05) is 19.1 Å². The Bertz CT molecular complexity index is 419. The zero-order valence-corrected chi connectivity index (χ0v) is 14.3. The third kappa shape index (κ3) is 8.89. The topological polar surface area (TPSA) is 32.8 Å². The molecule has 124 valence electrons. The van der Waals surface area contributed by atoms with Crippen LogP contribution in [0.4, 0.5) is 0 Å². The molecule has 1 saturated heterocycles. The average molecular weight is 304 g/mol. The first-order valence-electron chi connectivity index (χ1n) is 8.80. The molecule has 0 unspecified atom stereocenters. The second-order valence-electron chi connectivity index (χ2n) is 5.83. The summed E-state index contributed by atoms with van der Waals surface area (Å²) in [5, 5.41) is 9.96. The highest BCUT2D eigenvalue weighted by Gasteiger charge is 2.05. The van der Waals surface area contributed by atoms with E-state index in [2.05, 4.69) is 23.8 Å². The SMILES string of the molecule is C/C=C\c1cccc(O)c1CCCCCCCCC.C1CO1. The summed E-state index contributed by atoms with van der Waals surface area (Å²) in [7, 11) is 0. The molecule has 1 aromatic carbocycles. The van der Waals surface area contributed by atoms with Crippen molar-refractivity contribution < 1.29 is 9.84 Å². The predicted molar refractivity (Wildman–Crippen MR) is 95.3 cm³/mol. The van der Waals surface area contributed by atoms with Crippen LogP contribution in [0.15, 0.2) is 24.3 Å². The van der Waals surface area contributed by atoms with Crippen LogP contribution in [0, 0.1) is 0 Å². The molecule has 2 rings (SSSR count). The van der Waals surface area contributed by atoms with Crippen molar-refractivity contribution in [2.45, 2.75) is 65.2 Å². The molecule has 1 aromatic rings. The van der Waals surface area contributed by atoms with Gasteiger partial charge in [0.15, 0.2) is 0 Å². The summed E-state index contributed by atoms with van der Waals surface area (Å²) in [5.74, 6) is 0.446. The van der Waals surface area contributed by atoms with Gasteiger partial charge in [-0.25, -0.2) is 0 Å². The van der Waals surface area contributed by atoms with Gasteiger partial charge in [-0.3, -0.25) is 0 Å². The lowest BCUT2D eigenvalue weighted by Gasteiger charge is -2.08. The Kier molecular flexibility index (Phi) is 10.5. The van der Waals surface area contributed by atoms with Crippen molar-refractivity contribution >= 4 is 6.08 Å². The van der Waals surface area contributed by atoms with Gasteiger partial charge in [0.05, 0.1) is 13.2 Å². The van der Waals surface area contributed by atoms with E-state index < -0.39 is 0 Å². The van der Waals surface area contributed by atoms with Crippen molar-refractivity contribution in [3.8, 4) is 5.75 Å². The minimum atomic E-state index is 0.446. The van der Waals surface area contributed by atoms with E-state index in [-0.39, 0.29) is 0 Å². The highest BCUT2D eigenvalue weighted by molar-refractivity contribution is 5.57. The molecule has 0 atom stereocenters. The Morgan fingerprint density at radius 2 is 1.68 bits per heavy atom. The molecule has 0 amide bonds. The van der Waals surface area contributed by atoms with Crippen LogP contribution in [-0.2, 0) is 11.2 Å². The Balaban J connectivity index is 0.000000714. The van der Waals surface area contributed by atoms with Gasteiger partial charge in [0, 0.05) is 5.56 Å². The van der Waals surface area contributed by atoms with Crippen molar-refractivity contribution in [3.05, 3.63) is 35.4 Å². The number of rotatable bonds is 9. The lowest BCUT2D eigenvalue weighted by atomic mass is 9.99. The summed E-state index contributed by atoms with van der Waals surface area (Å²) in [6, 6.07) is 5.79. The molecule has 0 aromatic heterocycles. The Labute approximate surface area is 136 Å². The number of hydrogen-bond donors (Lipinski definition) is 1.